The highest BCUT2D eigenvalue weighted by Gasteiger charge is 2.21. The molecule has 0 atom stereocenters. The summed E-state index contributed by atoms with van der Waals surface area (Å²) in [4.78, 5) is 22.2. The van der Waals surface area contributed by atoms with Gasteiger partial charge in [0.2, 0.25) is 0 Å². The average Bonchev–Trinajstić information content (AvgIpc) is 3.21. The van der Waals surface area contributed by atoms with E-state index in [4.69, 9.17) is 11.6 Å². The lowest BCUT2D eigenvalue weighted by atomic mass is 10.0. The number of piperazine rings is 1. The minimum atomic E-state index is -0.196. The Morgan fingerprint density at radius 2 is 1.74 bits per heavy atom. The molecule has 3 aromatic rings. The van der Waals surface area contributed by atoms with Gasteiger partial charge in [0.25, 0.3) is 5.91 Å². The standard InChI is InChI=1S/C23H27ClN6O/c1-16(2)22-20(15-26-30(22)19-7-4-17(24)5-8-19)23(31)27-18-6-9-21(25-14-18)29-12-10-28(3)11-13-29/h4-9,14-16H,10-13H2,1-3H3,(H,27,31). The second-order valence-corrected chi connectivity index (χ2v) is 8.57. The first-order valence-corrected chi connectivity index (χ1v) is 10.8. The molecule has 1 saturated heterocycles. The number of rotatable bonds is 5. The van der Waals surface area contributed by atoms with Gasteiger partial charge in [0.15, 0.2) is 0 Å². The molecular weight excluding hydrogens is 412 g/mol. The molecule has 3 heterocycles. The third-order valence-corrected chi connectivity index (χ3v) is 5.75. The predicted octanol–water partition coefficient (Wildman–Crippen LogP) is 4.05. The van der Waals surface area contributed by atoms with Crippen molar-refractivity contribution in [3.63, 3.8) is 0 Å². The summed E-state index contributed by atoms with van der Waals surface area (Å²) >= 11 is 6.01. The number of anilines is 2. The number of halogens is 1. The quantitative estimate of drug-likeness (QED) is 0.651. The predicted molar refractivity (Wildman–Crippen MR) is 125 cm³/mol. The molecule has 0 bridgehead atoms. The lowest BCUT2D eigenvalue weighted by Gasteiger charge is -2.33. The van der Waals surface area contributed by atoms with Crippen LogP contribution in [0.2, 0.25) is 5.02 Å². The molecule has 7 nitrogen and oxygen atoms in total. The van der Waals surface area contributed by atoms with Crippen molar-refractivity contribution >= 4 is 29.0 Å². The van der Waals surface area contributed by atoms with E-state index in [1.165, 1.54) is 0 Å². The average molecular weight is 439 g/mol. The molecule has 0 radical (unpaired) electrons. The zero-order valence-electron chi connectivity index (χ0n) is 18.0. The van der Waals surface area contributed by atoms with E-state index >= 15 is 0 Å². The van der Waals surface area contributed by atoms with Gasteiger partial charge in [-0.05, 0) is 49.4 Å². The topological polar surface area (TPSA) is 66.3 Å². The van der Waals surface area contributed by atoms with Gasteiger partial charge in [-0.3, -0.25) is 4.79 Å². The van der Waals surface area contributed by atoms with Crippen LogP contribution in [0.25, 0.3) is 5.69 Å². The van der Waals surface area contributed by atoms with Gasteiger partial charge in [-0.1, -0.05) is 25.4 Å². The number of hydrogen-bond donors (Lipinski definition) is 1. The van der Waals surface area contributed by atoms with E-state index in [1.807, 2.05) is 50.2 Å². The summed E-state index contributed by atoms with van der Waals surface area (Å²) in [6, 6.07) is 11.3. The maximum Gasteiger partial charge on any atom is 0.259 e. The fourth-order valence-corrected chi connectivity index (χ4v) is 3.88. The first-order valence-electron chi connectivity index (χ1n) is 10.5. The highest BCUT2D eigenvalue weighted by Crippen LogP contribution is 2.25. The summed E-state index contributed by atoms with van der Waals surface area (Å²) in [7, 11) is 2.13. The van der Waals surface area contributed by atoms with Crippen LogP contribution in [-0.4, -0.2) is 58.8 Å². The Morgan fingerprint density at radius 1 is 1.03 bits per heavy atom. The van der Waals surface area contributed by atoms with Crippen molar-refractivity contribution in [3.8, 4) is 5.69 Å². The van der Waals surface area contributed by atoms with Crippen LogP contribution in [0.1, 0.15) is 35.8 Å². The molecule has 1 aliphatic rings. The van der Waals surface area contributed by atoms with Crippen molar-refractivity contribution in [2.75, 3.05) is 43.4 Å². The van der Waals surface area contributed by atoms with E-state index < -0.39 is 0 Å². The summed E-state index contributed by atoms with van der Waals surface area (Å²) < 4.78 is 1.80. The zero-order valence-corrected chi connectivity index (χ0v) is 18.8. The molecule has 1 aliphatic heterocycles. The number of benzene rings is 1. The van der Waals surface area contributed by atoms with Crippen LogP contribution in [0.15, 0.2) is 48.8 Å². The molecule has 1 amide bonds. The Balaban J connectivity index is 1.51. The molecule has 1 N–H and O–H groups in total. The third kappa shape index (κ3) is 4.73. The smallest absolute Gasteiger partial charge is 0.259 e. The molecule has 31 heavy (non-hydrogen) atoms. The maximum absolute atomic E-state index is 13.0. The molecule has 2 aromatic heterocycles. The van der Waals surface area contributed by atoms with Crippen LogP contribution in [-0.2, 0) is 0 Å². The number of nitrogens with one attached hydrogen (secondary N) is 1. The SMILES string of the molecule is CC(C)c1c(C(=O)Nc2ccc(N3CCN(C)CC3)nc2)cnn1-c1ccc(Cl)cc1. The fourth-order valence-electron chi connectivity index (χ4n) is 3.76. The summed E-state index contributed by atoms with van der Waals surface area (Å²) in [6.45, 7) is 8.05. The number of nitrogens with zero attached hydrogens (tertiary/aromatic N) is 5. The highest BCUT2D eigenvalue weighted by molar-refractivity contribution is 6.30. The highest BCUT2D eigenvalue weighted by atomic mass is 35.5. The van der Waals surface area contributed by atoms with Crippen molar-refractivity contribution < 1.29 is 4.79 Å². The molecule has 0 saturated carbocycles. The van der Waals surface area contributed by atoms with Crippen molar-refractivity contribution in [2.45, 2.75) is 19.8 Å². The van der Waals surface area contributed by atoms with E-state index in [0.29, 0.717) is 16.3 Å². The van der Waals surface area contributed by atoms with Crippen LogP contribution in [0.3, 0.4) is 0 Å². The van der Waals surface area contributed by atoms with Gasteiger partial charge in [0.1, 0.15) is 5.82 Å². The molecule has 1 aromatic carbocycles. The molecule has 1 fully saturated rings. The summed E-state index contributed by atoms with van der Waals surface area (Å²) in [5.41, 5.74) is 2.93. The van der Waals surface area contributed by atoms with Gasteiger partial charge >= 0.3 is 0 Å². The van der Waals surface area contributed by atoms with Crippen molar-refractivity contribution in [1.82, 2.24) is 19.7 Å². The van der Waals surface area contributed by atoms with Crippen LogP contribution in [0, 0.1) is 0 Å². The number of hydrogen-bond acceptors (Lipinski definition) is 5. The number of amides is 1. The molecule has 4 rings (SSSR count). The van der Waals surface area contributed by atoms with Crippen molar-refractivity contribution in [2.24, 2.45) is 0 Å². The number of carbonyl (C=O) groups excluding carboxylic acids is 1. The molecule has 8 heteroatoms. The molecule has 162 valence electrons. The first kappa shape index (κ1) is 21.3. The number of aromatic nitrogens is 3. The van der Waals surface area contributed by atoms with Gasteiger partial charge in [-0.2, -0.15) is 5.10 Å². The zero-order chi connectivity index (χ0) is 22.0. The summed E-state index contributed by atoms with van der Waals surface area (Å²) in [6.07, 6.45) is 3.33. The van der Waals surface area contributed by atoms with Crippen molar-refractivity contribution in [1.29, 1.82) is 0 Å². The summed E-state index contributed by atoms with van der Waals surface area (Å²) in [5.74, 6) is 0.847. The number of likely N-dealkylation sites (N-methyl/N-ethyl adjacent to an activating group) is 1. The molecule has 0 unspecified atom stereocenters. The van der Waals surface area contributed by atoms with E-state index in [-0.39, 0.29) is 11.8 Å². The van der Waals surface area contributed by atoms with E-state index in [0.717, 1.165) is 43.4 Å². The lowest BCUT2D eigenvalue weighted by molar-refractivity contribution is 0.102. The van der Waals surface area contributed by atoms with Crippen LogP contribution < -0.4 is 10.2 Å². The normalized spacial score (nSPS) is 14.8. The van der Waals surface area contributed by atoms with Gasteiger partial charge in [-0.15, -0.1) is 0 Å². The van der Waals surface area contributed by atoms with E-state index in [9.17, 15) is 4.79 Å². The fraction of sp³-hybridized carbons (Fsp3) is 0.348. The van der Waals surface area contributed by atoms with Crippen LogP contribution >= 0.6 is 11.6 Å². The van der Waals surface area contributed by atoms with Crippen LogP contribution in [0.4, 0.5) is 11.5 Å². The molecular formula is C23H27ClN6O. The number of carbonyl (C=O) groups is 1. The first-order chi connectivity index (χ1) is 14.9. The van der Waals surface area contributed by atoms with Gasteiger partial charge in [0, 0.05) is 31.2 Å². The van der Waals surface area contributed by atoms with Crippen molar-refractivity contribution in [3.05, 3.63) is 65.1 Å². The molecule has 0 spiro atoms. The van der Waals surface area contributed by atoms with E-state index in [1.54, 1.807) is 17.1 Å². The minimum absolute atomic E-state index is 0.108. The Kier molecular flexibility index (Phi) is 6.25. The Hall–Kier alpha value is -2.90. The van der Waals surface area contributed by atoms with Crippen LogP contribution in [0.5, 0.6) is 0 Å². The minimum Gasteiger partial charge on any atom is -0.354 e. The summed E-state index contributed by atoms with van der Waals surface area (Å²) in [5, 5.41) is 8.09. The second-order valence-electron chi connectivity index (χ2n) is 8.14. The lowest BCUT2D eigenvalue weighted by Crippen LogP contribution is -2.44. The maximum atomic E-state index is 13.0. The van der Waals surface area contributed by atoms with Gasteiger partial charge < -0.3 is 15.1 Å². The van der Waals surface area contributed by atoms with Gasteiger partial charge in [-0.25, -0.2) is 9.67 Å². The Labute approximate surface area is 187 Å². The Morgan fingerprint density at radius 3 is 2.35 bits per heavy atom. The largest absolute Gasteiger partial charge is 0.354 e. The molecule has 0 aliphatic carbocycles. The monoisotopic (exact) mass is 438 g/mol. The van der Waals surface area contributed by atoms with E-state index in [2.05, 4.69) is 32.2 Å². The Bertz CT molecular complexity index is 1040. The number of pyridine rings is 1. The third-order valence-electron chi connectivity index (χ3n) is 5.50. The second kappa shape index (κ2) is 9.08. The van der Waals surface area contributed by atoms with Gasteiger partial charge in [0.05, 0.1) is 35.0 Å².